The van der Waals surface area contributed by atoms with Gasteiger partial charge < -0.3 is 5.11 Å². The van der Waals surface area contributed by atoms with E-state index in [0.717, 1.165) is 17.3 Å². The molecule has 9 heteroatoms. The minimum atomic E-state index is -1.01. The first-order valence-corrected chi connectivity index (χ1v) is 11.3. The fourth-order valence-corrected chi connectivity index (χ4v) is 3.99. The lowest BCUT2D eigenvalue weighted by atomic mass is 10.1. The number of nitrogens with one attached hydrogen (secondary N) is 1. The number of aromatic nitrogens is 2. The number of hydrogen-bond acceptors (Lipinski definition) is 6. The Balaban J connectivity index is 1.51. The van der Waals surface area contributed by atoms with Gasteiger partial charge in [0.05, 0.1) is 34.1 Å². The molecule has 1 heterocycles. The first-order valence-electron chi connectivity index (χ1n) is 10.3. The zero-order chi connectivity index (χ0) is 24.1. The SMILES string of the molecule is Cc1ccc(-n2c(SCC(=O)NN=Cc3ccc(C(=O)O)cc3)nc3ccccc3c2=O)cc1. The maximum absolute atomic E-state index is 13.2. The number of fused-ring (bicyclic) bond motifs is 1. The summed E-state index contributed by atoms with van der Waals surface area (Å²) in [5, 5.41) is 13.7. The van der Waals surface area contributed by atoms with E-state index in [4.69, 9.17) is 5.11 Å². The van der Waals surface area contributed by atoms with E-state index in [0.29, 0.717) is 27.3 Å². The second-order valence-electron chi connectivity index (χ2n) is 7.40. The van der Waals surface area contributed by atoms with E-state index in [-0.39, 0.29) is 22.8 Å². The first-order chi connectivity index (χ1) is 16.4. The van der Waals surface area contributed by atoms with Crippen LogP contribution in [0.15, 0.2) is 87.8 Å². The lowest BCUT2D eigenvalue weighted by Gasteiger charge is -2.13. The van der Waals surface area contributed by atoms with E-state index in [1.165, 1.54) is 22.9 Å². The van der Waals surface area contributed by atoms with Crippen LogP contribution in [0, 0.1) is 6.92 Å². The van der Waals surface area contributed by atoms with Crippen LogP contribution in [0.25, 0.3) is 16.6 Å². The Bertz CT molecular complexity index is 1450. The molecule has 34 heavy (non-hydrogen) atoms. The highest BCUT2D eigenvalue weighted by atomic mass is 32.2. The molecule has 0 bridgehead atoms. The molecule has 1 amide bonds. The Labute approximate surface area is 199 Å². The van der Waals surface area contributed by atoms with Crippen LogP contribution >= 0.6 is 11.8 Å². The van der Waals surface area contributed by atoms with Gasteiger partial charge in [0.15, 0.2) is 5.16 Å². The Morgan fingerprint density at radius 2 is 1.76 bits per heavy atom. The van der Waals surface area contributed by atoms with E-state index < -0.39 is 5.97 Å². The van der Waals surface area contributed by atoms with E-state index in [1.807, 2.05) is 37.3 Å². The van der Waals surface area contributed by atoms with Crippen molar-refractivity contribution in [2.45, 2.75) is 12.1 Å². The van der Waals surface area contributed by atoms with Gasteiger partial charge in [0, 0.05) is 0 Å². The van der Waals surface area contributed by atoms with E-state index >= 15 is 0 Å². The molecule has 170 valence electrons. The fourth-order valence-electron chi connectivity index (χ4n) is 3.18. The third-order valence-corrected chi connectivity index (χ3v) is 5.87. The summed E-state index contributed by atoms with van der Waals surface area (Å²) in [6.45, 7) is 1.96. The largest absolute Gasteiger partial charge is 0.478 e. The van der Waals surface area contributed by atoms with Crippen molar-refractivity contribution in [2.75, 3.05) is 5.75 Å². The van der Waals surface area contributed by atoms with Crippen molar-refractivity contribution in [3.05, 3.63) is 99.8 Å². The van der Waals surface area contributed by atoms with Crippen LogP contribution < -0.4 is 11.0 Å². The lowest BCUT2D eigenvalue weighted by molar-refractivity contribution is -0.118. The van der Waals surface area contributed by atoms with Gasteiger partial charge in [-0.2, -0.15) is 5.10 Å². The Morgan fingerprint density at radius 1 is 1.06 bits per heavy atom. The minimum absolute atomic E-state index is 0.00800. The van der Waals surface area contributed by atoms with E-state index in [1.54, 1.807) is 30.3 Å². The van der Waals surface area contributed by atoms with Gasteiger partial charge in [0.2, 0.25) is 0 Å². The third-order valence-electron chi connectivity index (χ3n) is 4.93. The molecular formula is C25H20N4O4S. The number of para-hydroxylation sites is 1. The molecule has 4 rings (SSSR count). The number of carbonyl (C=O) groups is 2. The second-order valence-corrected chi connectivity index (χ2v) is 8.34. The van der Waals surface area contributed by atoms with Crippen LogP contribution in [0.4, 0.5) is 0 Å². The third kappa shape index (κ3) is 5.21. The van der Waals surface area contributed by atoms with Crippen molar-refractivity contribution in [3.8, 4) is 5.69 Å². The van der Waals surface area contributed by atoms with Crippen LogP contribution in [-0.4, -0.2) is 38.5 Å². The molecule has 0 fully saturated rings. The Morgan fingerprint density at radius 3 is 2.47 bits per heavy atom. The van der Waals surface area contributed by atoms with Crippen LogP contribution in [0.1, 0.15) is 21.5 Å². The zero-order valence-corrected chi connectivity index (χ0v) is 19.0. The predicted octanol–water partition coefficient (Wildman–Crippen LogP) is 3.63. The van der Waals surface area contributed by atoms with Crippen LogP contribution in [0.3, 0.4) is 0 Å². The van der Waals surface area contributed by atoms with Gasteiger partial charge in [0.1, 0.15) is 0 Å². The molecule has 0 aliphatic carbocycles. The molecule has 2 N–H and O–H groups in total. The molecule has 0 unspecified atom stereocenters. The van der Waals surface area contributed by atoms with E-state index in [2.05, 4.69) is 15.5 Å². The lowest BCUT2D eigenvalue weighted by Crippen LogP contribution is -2.24. The quantitative estimate of drug-likeness (QED) is 0.184. The van der Waals surface area contributed by atoms with Gasteiger partial charge >= 0.3 is 5.97 Å². The molecule has 0 saturated carbocycles. The number of carboxylic acids is 1. The van der Waals surface area contributed by atoms with Crippen molar-refractivity contribution >= 4 is 40.8 Å². The average Bonchev–Trinajstić information content (AvgIpc) is 2.84. The summed E-state index contributed by atoms with van der Waals surface area (Å²) in [6, 6.07) is 20.7. The van der Waals surface area contributed by atoms with Crippen molar-refractivity contribution in [1.29, 1.82) is 0 Å². The van der Waals surface area contributed by atoms with Crippen molar-refractivity contribution < 1.29 is 14.7 Å². The van der Waals surface area contributed by atoms with Gasteiger partial charge in [-0.1, -0.05) is 53.7 Å². The standard InChI is InChI=1S/C25H20N4O4S/c1-16-6-12-19(13-7-16)29-23(31)20-4-2-3-5-21(20)27-25(29)34-15-22(30)28-26-14-17-8-10-18(11-9-17)24(32)33/h2-14H,15H2,1H3,(H,28,30)(H,32,33). The molecular weight excluding hydrogens is 452 g/mol. The second kappa shape index (κ2) is 10.1. The number of aryl methyl sites for hydroxylation is 1. The summed E-state index contributed by atoms with van der Waals surface area (Å²) in [7, 11) is 0. The highest BCUT2D eigenvalue weighted by Crippen LogP contribution is 2.21. The number of benzene rings is 3. The molecule has 0 radical (unpaired) electrons. The normalized spacial score (nSPS) is 11.1. The average molecular weight is 473 g/mol. The number of hydrazone groups is 1. The number of carboxylic acid groups (broad SMARTS) is 1. The fraction of sp³-hybridized carbons (Fsp3) is 0.0800. The number of hydrogen-bond donors (Lipinski definition) is 2. The summed E-state index contributed by atoms with van der Waals surface area (Å²) in [4.78, 5) is 41.1. The number of amides is 1. The Hall–Kier alpha value is -4.24. The molecule has 0 saturated heterocycles. The molecule has 4 aromatic rings. The highest BCUT2D eigenvalue weighted by Gasteiger charge is 2.14. The van der Waals surface area contributed by atoms with Crippen molar-refractivity contribution in [2.24, 2.45) is 5.10 Å². The molecule has 0 atom stereocenters. The van der Waals surface area contributed by atoms with Crippen LogP contribution in [0.5, 0.6) is 0 Å². The minimum Gasteiger partial charge on any atom is -0.478 e. The van der Waals surface area contributed by atoms with Crippen LogP contribution in [-0.2, 0) is 4.79 Å². The summed E-state index contributed by atoms with van der Waals surface area (Å²) in [5.74, 6) is -1.40. The number of rotatable bonds is 7. The summed E-state index contributed by atoms with van der Waals surface area (Å²) in [5.41, 5.74) is 5.32. The van der Waals surface area contributed by atoms with Gasteiger partial charge in [-0.05, 0) is 48.9 Å². The number of nitrogens with zero attached hydrogens (tertiary/aromatic N) is 3. The monoisotopic (exact) mass is 472 g/mol. The predicted molar refractivity (Wildman–Crippen MR) is 132 cm³/mol. The number of thioether (sulfide) groups is 1. The molecule has 0 spiro atoms. The number of aromatic carboxylic acids is 1. The number of carbonyl (C=O) groups excluding carboxylic acids is 1. The van der Waals surface area contributed by atoms with Gasteiger partial charge in [-0.25, -0.2) is 15.2 Å². The topological polar surface area (TPSA) is 114 Å². The zero-order valence-electron chi connectivity index (χ0n) is 18.1. The maximum atomic E-state index is 13.2. The molecule has 0 aliphatic rings. The maximum Gasteiger partial charge on any atom is 0.335 e. The summed E-state index contributed by atoms with van der Waals surface area (Å²) < 4.78 is 1.51. The first kappa shape index (κ1) is 22.9. The van der Waals surface area contributed by atoms with Crippen LogP contribution in [0.2, 0.25) is 0 Å². The van der Waals surface area contributed by atoms with Crippen molar-refractivity contribution in [1.82, 2.24) is 15.0 Å². The molecule has 1 aromatic heterocycles. The van der Waals surface area contributed by atoms with Gasteiger partial charge in [0.25, 0.3) is 11.5 Å². The Kier molecular flexibility index (Phi) is 6.84. The molecule has 8 nitrogen and oxygen atoms in total. The van der Waals surface area contributed by atoms with Gasteiger partial charge in [-0.15, -0.1) is 0 Å². The summed E-state index contributed by atoms with van der Waals surface area (Å²) in [6.07, 6.45) is 1.42. The molecule has 3 aromatic carbocycles. The van der Waals surface area contributed by atoms with Gasteiger partial charge in [-0.3, -0.25) is 14.2 Å². The highest BCUT2D eigenvalue weighted by molar-refractivity contribution is 7.99. The smallest absolute Gasteiger partial charge is 0.335 e. The van der Waals surface area contributed by atoms with E-state index in [9.17, 15) is 14.4 Å². The molecule has 0 aliphatic heterocycles. The summed E-state index contributed by atoms with van der Waals surface area (Å²) >= 11 is 1.14. The van der Waals surface area contributed by atoms with Crippen molar-refractivity contribution in [3.63, 3.8) is 0 Å².